The molecule has 7 heteroatoms. The Morgan fingerprint density at radius 3 is 2.27 bits per heavy atom. The van der Waals surface area contributed by atoms with Crippen molar-refractivity contribution in [1.29, 1.82) is 0 Å². The average Bonchev–Trinajstić information content (AvgIpc) is 2.69. The molecule has 0 amide bonds. The van der Waals surface area contributed by atoms with E-state index in [-0.39, 0.29) is 16.3 Å². The molecule has 0 saturated carbocycles. The molecule has 0 bridgehead atoms. The van der Waals surface area contributed by atoms with E-state index in [2.05, 4.69) is 4.98 Å². The van der Waals surface area contributed by atoms with E-state index in [9.17, 15) is 4.79 Å². The second-order valence-corrected chi connectivity index (χ2v) is 8.14. The Labute approximate surface area is 188 Å². The van der Waals surface area contributed by atoms with E-state index < -0.39 is 11.4 Å². The van der Waals surface area contributed by atoms with Gasteiger partial charge in [-0.3, -0.25) is 4.79 Å². The van der Waals surface area contributed by atoms with Gasteiger partial charge in [0.1, 0.15) is 21.4 Å². The number of hydrogen-bond acceptors (Lipinski definition) is 5. The maximum absolute atomic E-state index is 13.0. The number of esters is 1. The molecule has 2 atom stereocenters. The van der Waals surface area contributed by atoms with Gasteiger partial charge in [0.05, 0.1) is 19.4 Å². The Bertz CT molecular complexity index is 879. The zero-order chi connectivity index (χ0) is 22.3. The van der Waals surface area contributed by atoms with Crippen LogP contribution in [0.5, 0.6) is 17.4 Å². The van der Waals surface area contributed by atoms with E-state index in [1.165, 1.54) is 7.11 Å². The minimum absolute atomic E-state index is 0.0817. The van der Waals surface area contributed by atoms with Crippen LogP contribution in [0.4, 0.5) is 0 Å². The van der Waals surface area contributed by atoms with Crippen LogP contribution in [0.25, 0.3) is 0 Å². The summed E-state index contributed by atoms with van der Waals surface area (Å²) >= 11 is 11.8. The number of rotatable bonds is 9. The molecule has 0 saturated heterocycles. The Morgan fingerprint density at radius 1 is 1.10 bits per heavy atom. The molecule has 162 valence electrons. The molecule has 2 aromatic rings. The molecule has 2 rings (SSSR count). The number of halogens is 2. The summed E-state index contributed by atoms with van der Waals surface area (Å²) in [5.41, 5.74) is -0.576. The van der Waals surface area contributed by atoms with E-state index >= 15 is 0 Å². The molecule has 0 aliphatic carbocycles. The van der Waals surface area contributed by atoms with E-state index in [0.717, 1.165) is 5.75 Å². The molecule has 0 aliphatic heterocycles. The van der Waals surface area contributed by atoms with Gasteiger partial charge in [-0.1, -0.05) is 50.0 Å². The summed E-state index contributed by atoms with van der Waals surface area (Å²) < 4.78 is 16.6. The Balaban J connectivity index is 2.47. The van der Waals surface area contributed by atoms with E-state index in [0.29, 0.717) is 23.9 Å². The van der Waals surface area contributed by atoms with Gasteiger partial charge in [0.25, 0.3) is 0 Å². The lowest BCUT2D eigenvalue weighted by Crippen LogP contribution is -2.47. The van der Waals surface area contributed by atoms with Gasteiger partial charge in [0, 0.05) is 6.07 Å². The van der Waals surface area contributed by atoms with Crippen molar-refractivity contribution in [2.24, 2.45) is 11.8 Å². The zero-order valence-electron chi connectivity index (χ0n) is 17.8. The van der Waals surface area contributed by atoms with Crippen LogP contribution in [0.15, 0.2) is 53.0 Å². The number of carbonyl (C=O) groups is 1. The molecule has 0 fully saturated rings. The Morgan fingerprint density at radius 2 is 1.73 bits per heavy atom. The summed E-state index contributed by atoms with van der Waals surface area (Å²) in [6.07, 6.45) is 1.63. The predicted octanol–water partition coefficient (Wildman–Crippen LogP) is 6.29. The highest BCUT2D eigenvalue weighted by molar-refractivity contribution is 6.55. The number of aromatic nitrogens is 1. The second kappa shape index (κ2) is 10.7. The van der Waals surface area contributed by atoms with Crippen LogP contribution in [-0.2, 0) is 14.9 Å². The fraction of sp³-hybridized carbons (Fsp3) is 0.391. The lowest BCUT2D eigenvalue weighted by molar-refractivity contribution is -0.151. The standard InChI is InChI=1S/C23H27Cl2NO4/c1-6-29-17-10-12-18(13-11-17)30-21-9-7-8-19(26-21)23(15(2)3,22(27)28-5)16(4)14-20(24)25/h7-16H,6H2,1-5H3. The normalized spacial score (nSPS) is 13.9. The molecule has 30 heavy (non-hydrogen) atoms. The van der Waals surface area contributed by atoms with Crippen LogP contribution < -0.4 is 9.47 Å². The SMILES string of the molecule is CCOc1ccc(Oc2cccc(C(C(=O)OC)(C(C)C)C(C)C=C(Cl)Cl)n2)cc1. The summed E-state index contributed by atoms with van der Waals surface area (Å²) in [7, 11) is 1.36. The summed E-state index contributed by atoms with van der Waals surface area (Å²) in [4.78, 5) is 17.7. The third kappa shape index (κ3) is 5.27. The molecular weight excluding hydrogens is 425 g/mol. The molecule has 0 spiro atoms. The molecule has 2 unspecified atom stereocenters. The average molecular weight is 452 g/mol. The number of ether oxygens (including phenoxy) is 3. The Hall–Kier alpha value is -2.24. The summed E-state index contributed by atoms with van der Waals surface area (Å²) in [5, 5.41) is 0. The maximum atomic E-state index is 13.0. The fourth-order valence-electron chi connectivity index (χ4n) is 3.66. The van der Waals surface area contributed by atoms with Gasteiger partial charge in [-0.05, 0) is 55.2 Å². The monoisotopic (exact) mass is 451 g/mol. The first-order valence-corrected chi connectivity index (χ1v) is 10.5. The number of allylic oxidation sites excluding steroid dienone is 1. The van der Waals surface area contributed by atoms with Crippen molar-refractivity contribution in [3.8, 4) is 17.4 Å². The largest absolute Gasteiger partial charge is 0.494 e. The Kier molecular flexibility index (Phi) is 8.56. The molecule has 1 aromatic carbocycles. The molecular formula is C23H27Cl2NO4. The van der Waals surface area contributed by atoms with Crippen molar-refractivity contribution in [1.82, 2.24) is 4.98 Å². The van der Waals surface area contributed by atoms with Crippen molar-refractivity contribution >= 4 is 29.2 Å². The van der Waals surface area contributed by atoms with E-state index in [4.69, 9.17) is 37.4 Å². The lowest BCUT2D eigenvalue weighted by Gasteiger charge is -2.38. The lowest BCUT2D eigenvalue weighted by atomic mass is 9.65. The number of carbonyl (C=O) groups excluding carboxylic acids is 1. The predicted molar refractivity (Wildman–Crippen MR) is 119 cm³/mol. The molecule has 1 heterocycles. The molecule has 1 aromatic heterocycles. The third-order valence-corrected chi connectivity index (χ3v) is 5.28. The smallest absolute Gasteiger partial charge is 0.318 e. The van der Waals surface area contributed by atoms with Crippen molar-refractivity contribution in [2.45, 2.75) is 33.1 Å². The minimum atomic E-state index is -1.10. The quantitative estimate of drug-likeness (QED) is 0.418. The first-order chi connectivity index (χ1) is 14.2. The topological polar surface area (TPSA) is 57.7 Å². The van der Waals surface area contributed by atoms with Gasteiger partial charge in [-0.2, -0.15) is 0 Å². The first-order valence-electron chi connectivity index (χ1n) is 9.75. The molecule has 0 radical (unpaired) electrons. The molecule has 5 nitrogen and oxygen atoms in total. The summed E-state index contributed by atoms with van der Waals surface area (Å²) in [6.45, 7) is 8.25. The number of hydrogen-bond donors (Lipinski definition) is 0. The van der Waals surface area contributed by atoms with Gasteiger partial charge in [0.2, 0.25) is 5.88 Å². The number of benzene rings is 1. The van der Waals surface area contributed by atoms with Crippen molar-refractivity contribution in [3.63, 3.8) is 0 Å². The zero-order valence-corrected chi connectivity index (χ0v) is 19.3. The van der Waals surface area contributed by atoms with Gasteiger partial charge in [0.15, 0.2) is 0 Å². The number of pyridine rings is 1. The number of nitrogens with zero attached hydrogens (tertiary/aromatic N) is 1. The van der Waals surface area contributed by atoms with Crippen LogP contribution in [0.1, 0.15) is 33.4 Å². The van der Waals surface area contributed by atoms with Crippen LogP contribution in [-0.4, -0.2) is 24.7 Å². The van der Waals surface area contributed by atoms with E-state index in [1.807, 2.05) is 39.8 Å². The van der Waals surface area contributed by atoms with Gasteiger partial charge in [-0.25, -0.2) is 4.98 Å². The maximum Gasteiger partial charge on any atom is 0.318 e. The highest BCUT2D eigenvalue weighted by atomic mass is 35.5. The highest BCUT2D eigenvalue weighted by Gasteiger charge is 2.49. The van der Waals surface area contributed by atoms with Crippen LogP contribution in [0.3, 0.4) is 0 Å². The van der Waals surface area contributed by atoms with Gasteiger partial charge >= 0.3 is 5.97 Å². The van der Waals surface area contributed by atoms with Crippen LogP contribution in [0.2, 0.25) is 0 Å². The van der Waals surface area contributed by atoms with Crippen LogP contribution in [0, 0.1) is 11.8 Å². The second-order valence-electron chi connectivity index (χ2n) is 7.13. The van der Waals surface area contributed by atoms with Crippen molar-refractivity contribution in [3.05, 3.63) is 58.7 Å². The van der Waals surface area contributed by atoms with E-state index in [1.54, 1.807) is 36.4 Å². The molecule has 0 N–H and O–H groups in total. The first kappa shape index (κ1) is 24.0. The fourth-order valence-corrected chi connectivity index (χ4v) is 4.04. The van der Waals surface area contributed by atoms with Crippen molar-refractivity contribution in [2.75, 3.05) is 13.7 Å². The van der Waals surface area contributed by atoms with Gasteiger partial charge < -0.3 is 14.2 Å². The van der Waals surface area contributed by atoms with Crippen LogP contribution >= 0.6 is 23.2 Å². The minimum Gasteiger partial charge on any atom is -0.494 e. The third-order valence-electron chi connectivity index (χ3n) is 5.03. The highest BCUT2D eigenvalue weighted by Crippen LogP contribution is 2.42. The van der Waals surface area contributed by atoms with Gasteiger partial charge in [-0.15, -0.1) is 0 Å². The number of methoxy groups -OCH3 is 1. The molecule has 0 aliphatic rings. The summed E-state index contributed by atoms with van der Waals surface area (Å²) in [6, 6.07) is 12.6. The summed E-state index contributed by atoms with van der Waals surface area (Å²) in [5.74, 6) is 0.781. The van der Waals surface area contributed by atoms with Crippen molar-refractivity contribution < 1.29 is 19.0 Å².